The van der Waals surface area contributed by atoms with Crippen LogP contribution < -0.4 is 0 Å². The summed E-state index contributed by atoms with van der Waals surface area (Å²) in [6.07, 6.45) is 9.78. The average molecular weight is 795 g/mol. The number of rotatable bonds is 26. The Bertz CT molecular complexity index is 1120. The fourth-order valence-electron chi connectivity index (χ4n) is 6.94. The predicted molar refractivity (Wildman–Crippen MR) is 240 cm³/mol. The molecule has 0 rings (SSSR count). The summed E-state index contributed by atoms with van der Waals surface area (Å²) < 4.78 is 27.2. The van der Waals surface area contributed by atoms with Crippen molar-refractivity contribution in [2.24, 2.45) is 17.8 Å². The van der Waals surface area contributed by atoms with Crippen molar-refractivity contribution in [3.63, 3.8) is 0 Å². The van der Waals surface area contributed by atoms with Gasteiger partial charge in [-0.05, 0) is 125 Å². The smallest absolute Gasteiger partial charge is 0.306 e. The largest absolute Gasteiger partial charge is 0.462 e. The van der Waals surface area contributed by atoms with Crippen LogP contribution in [0.3, 0.4) is 0 Å². The summed E-state index contributed by atoms with van der Waals surface area (Å²) in [6.45, 7) is 51.6. The van der Waals surface area contributed by atoms with Crippen molar-refractivity contribution in [2.45, 2.75) is 228 Å². The van der Waals surface area contributed by atoms with Gasteiger partial charge in [0.25, 0.3) is 0 Å². The van der Waals surface area contributed by atoms with Gasteiger partial charge in [0.05, 0.1) is 6.10 Å². The Kier molecular flexibility index (Phi) is 22.5. The van der Waals surface area contributed by atoms with E-state index >= 15 is 0 Å². The van der Waals surface area contributed by atoms with Crippen LogP contribution in [0.5, 0.6) is 0 Å². The van der Waals surface area contributed by atoms with Crippen LogP contribution in [-0.2, 0) is 22.8 Å². The molecule has 53 heavy (non-hydrogen) atoms. The maximum Gasteiger partial charge on any atom is 0.306 e. The lowest BCUT2D eigenvalue weighted by molar-refractivity contribution is -0.151. The lowest BCUT2D eigenvalue weighted by Gasteiger charge is -2.43. The lowest BCUT2D eigenvalue weighted by Crippen LogP contribution is -2.48. The predicted octanol–water partition coefficient (Wildman–Crippen LogP) is 14.4. The maximum atomic E-state index is 13.3. The highest BCUT2D eigenvalue weighted by Crippen LogP contribution is 2.41. The van der Waals surface area contributed by atoms with Crippen molar-refractivity contribution in [1.82, 2.24) is 0 Å². The Morgan fingerprint density at radius 2 is 1.23 bits per heavy atom. The van der Waals surface area contributed by atoms with E-state index in [9.17, 15) is 4.79 Å². The number of carbonyl (C=O) groups excluding carboxylic acids is 1. The van der Waals surface area contributed by atoms with Gasteiger partial charge in [-0.3, -0.25) is 4.79 Å². The minimum Gasteiger partial charge on any atom is -0.462 e. The van der Waals surface area contributed by atoms with Gasteiger partial charge in [0.15, 0.2) is 25.0 Å². The molecule has 0 saturated carbocycles. The van der Waals surface area contributed by atoms with Crippen LogP contribution in [0.1, 0.15) is 149 Å². The first-order chi connectivity index (χ1) is 24.1. The molecule has 0 aromatic carbocycles. The molecule has 0 aromatic rings. The molecule has 1 unspecified atom stereocenters. The third-order valence-electron chi connectivity index (χ3n) is 12.7. The zero-order valence-corrected chi connectivity index (χ0v) is 41.7. The molecule has 0 saturated heterocycles. The summed E-state index contributed by atoms with van der Waals surface area (Å²) in [6, 6.07) is 3.38. The van der Waals surface area contributed by atoms with Crippen molar-refractivity contribution in [3.8, 4) is 0 Å². The summed E-state index contributed by atoms with van der Waals surface area (Å²) in [7, 11) is -5.71. The molecule has 0 aliphatic heterocycles. The van der Waals surface area contributed by atoms with Gasteiger partial charge >= 0.3 is 5.97 Å². The van der Waals surface area contributed by atoms with Gasteiger partial charge in [0.2, 0.25) is 0 Å². The van der Waals surface area contributed by atoms with E-state index in [0.717, 1.165) is 50.2 Å². The number of allylic oxidation sites excluding steroid dienone is 2. The fourth-order valence-corrected chi connectivity index (χ4v) is 12.8. The first kappa shape index (κ1) is 52.2. The quantitative estimate of drug-likeness (QED) is 0.0496. The molecule has 0 fully saturated rings. The molecule has 0 amide bonds. The highest BCUT2D eigenvalue weighted by Gasteiger charge is 2.42. The summed E-state index contributed by atoms with van der Waals surface area (Å²) in [5.41, 5.74) is 2.49. The van der Waals surface area contributed by atoms with Crippen molar-refractivity contribution in [3.05, 3.63) is 36.5 Å². The van der Waals surface area contributed by atoms with E-state index in [1.165, 1.54) is 11.1 Å². The number of esters is 1. The van der Waals surface area contributed by atoms with Crippen LogP contribution in [0, 0.1) is 17.8 Å². The zero-order chi connectivity index (χ0) is 41.6. The fraction of sp³-hybridized carbons (Fsp3) is 0.844. The summed E-state index contributed by atoms with van der Waals surface area (Å²) in [4.78, 5) is 13.3. The van der Waals surface area contributed by atoms with Crippen LogP contribution in [0.25, 0.3) is 0 Å². The monoisotopic (exact) mass is 795 g/mol. The van der Waals surface area contributed by atoms with Crippen LogP contribution >= 0.6 is 0 Å². The highest BCUT2D eigenvalue weighted by molar-refractivity contribution is 6.74. The van der Waals surface area contributed by atoms with Gasteiger partial charge in [-0.2, -0.15) is 0 Å². The molecule has 8 heteroatoms. The van der Waals surface area contributed by atoms with Gasteiger partial charge in [0.1, 0.15) is 6.10 Å². The second-order valence-corrected chi connectivity index (χ2v) is 34.1. The molecule has 0 aromatic heterocycles. The molecular weight excluding hydrogens is 705 g/mol. The molecule has 312 valence electrons. The van der Waals surface area contributed by atoms with Crippen LogP contribution in [0.2, 0.25) is 54.4 Å². The van der Waals surface area contributed by atoms with E-state index in [2.05, 4.69) is 149 Å². The Balaban J connectivity index is 5.84. The number of hydrogen-bond acceptors (Lipinski definition) is 5. The molecule has 0 N–H and O–H groups in total. The lowest BCUT2D eigenvalue weighted by atomic mass is 9.91. The Hall–Kier alpha value is -0.779. The van der Waals surface area contributed by atoms with Gasteiger partial charge in [-0.15, -0.1) is 13.2 Å². The maximum absolute atomic E-state index is 13.3. The Labute approximate surface area is 334 Å². The first-order valence-corrected chi connectivity index (χ1v) is 29.6. The molecule has 7 atom stereocenters. The van der Waals surface area contributed by atoms with Gasteiger partial charge < -0.3 is 18.0 Å². The molecule has 0 heterocycles. The van der Waals surface area contributed by atoms with E-state index < -0.39 is 25.0 Å². The SMILES string of the molecule is C=CC[C@@H](OC(=O)CCC[C@H](O[Si](CC)(CC)CC)C(C)CC(=C)C)[C@@H](C)C/C(C)=C/[C@@H](C)[C@@H](C[C@@H](C)O[Si](C)(C)C(C)(C)C)O[Si](C)(C)C(C)(C)C. The van der Waals surface area contributed by atoms with E-state index in [1.807, 2.05) is 6.08 Å². The highest BCUT2D eigenvalue weighted by atomic mass is 28.4. The molecule has 0 aliphatic rings. The molecule has 0 spiro atoms. The van der Waals surface area contributed by atoms with E-state index in [4.69, 9.17) is 18.0 Å². The van der Waals surface area contributed by atoms with Crippen LogP contribution in [-0.4, -0.2) is 55.3 Å². The third-order valence-corrected chi connectivity index (χ3v) is 26.5. The van der Waals surface area contributed by atoms with Crippen molar-refractivity contribution in [2.75, 3.05) is 0 Å². The normalized spacial score (nSPS) is 17.8. The van der Waals surface area contributed by atoms with Crippen LogP contribution in [0.15, 0.2) is 36.5 Å². The van der Waals surface area contributed by atoms with Crippen molar-refractivity contribution >= 4 is 30.9 Å². The Morgan fingerprint density at radius 3 is 1.68 bits per heavy atom. The van der Waals surface area contributed by atoms with Gasteiger partial charge in [-0.25, -0.2) is 0 Å². The molecule has 0 bridgehead atoms. The number of hydrogen-bond donors (Lipinski definition) is 0. The van der Waals surface area contributed by atoms with Crippen LogP contribution in [0.4, 0.5) is 0 Å². The zero-order valence-electron chi connectivity index (χ0n) is 38.7. The Morgan fingerprint density at radius 1 is 0.736 bits per heavy atom. The topological polar surface area (TPSA) is 54.0 Å². The molecule has 0 aliphatic carbocycles. The summed E-state index contributed by atoms with van der Waals surface area (Å²) in [5.74, 6) is 0.650. The molecule has 0 radical (unpaired) electrons. The van der Waals surface area contributed by atoms with E-state index in [-0.39, 0.29) is 52.3 Å². The second kappa shape index (κ2) is 22.8. The molecular formula is C45H90O5Si3. The number of ether oxygens (including phenoxy) is 1. The number of carbonyl (C=O) groups is 1. The molecule has 5 nitrogen and oxygen atoms in total. The second-order valence-electron chi connectivity index (χ2n) is 19.9. The summed E-state index contributed by atoms with van der Waals surface area (Å²) in [5, 5.41) is 0.278. The minimum absolute atomic E-state index is 0.0634. The van der Waals surface area contributed by atoms with E-state index in [1.54, 1.807) is 0 Å². The average Bonchev–Trinajstić information content (AvgIpc) is 3.00. The van der Waals surface area contributed by atoms with Crippen molar-refractivity contribution in [1.29, 1.82) is 0 Å². The summed E-state index contributed by atoms with van der Waals surface area (Å²) >= 11 is 0. The van der Waals surface area contributed by atoms with Gasteiger partial charge in [-0.1, -0.05) is 106 Å². The van der Waals surface area contributed by atoms with E-state index in [0.29, 0.717) is 18.8 Å². The van der Waals surface area contributed by atoms with Gasteiger partial charge in [0, 0.05) is 25.0 Å². The minimum atomic E-state index is -2.03. The standard InChI is InChI=1S/C45H90O5Si3/c1-22-27-40(47-43(46)29-26-28-41(36(8)30-34(5)6)50-53(23-2,24-3)25-4)37(9)31-35(7)32-38(10)42(49-52(20,21)45(15,16)17)33-39(11)48-51(18,19)44(12,13)14/h22,32,36-42H,1,5,23-31,33H2,2-4,6-21H3/b35-32+/t36?,37-,38+,39+,40+,41-,42+/m0/s1. The third kappa shape index (κ3) is 18.4. The van der Waals surface area contributed by atoms with Crippen molar-refractivity contribution < 1.29 is 22.8 Å². The first-order valence-electron chi connectivity index (χ1n) is 21.3.